The summed E-state index contributed by atoms with van der Waals surface area (Å²) in [6.45, 7) is 2.75. The van der Waals surface area contributed by atoms with Gasteiger partial charge in [-0.15, -0.1) is 0 Å². The molecule has 0 saturated carbocycles. The van der Waals surface area contributed by atoms with Gasteiger partial charge in [-0.3, -0.25) is 4.18 Å². The van der Waals surface area contributed by atoms with Crippen LogP contribution < -0.4 is 5.73 Å². The first-order valence-electron chi connectivity index (χ1n) is 4.69. The van der Waals surface area contributed by atoms with Crippen molar-refractivity contribution in [2.45, 2.75) is 32.6 Å². The Kier molecular flexibility index (Phi) is 7.22. The lowest BCUT2D eigenvalue weighted by atomic mass is 10.3. The molecule has 2 N–H and O–H groups in total. The molecule has 0 fully saturated rings. The number of hydrogen-bond donors (Lipinski definition) is 1. The highest BCUT2D eigenvalue weighted by molar-refractivity contribution is 7.86. The number of hydrogen-bond acceptors (Lipinski definition) is 4. The van der Waals surface area contributed by atoms with E-state index in [9.17, 15) is 8.42 Å². The molecule has 0 aliphatic carbocycles. The number of nitrogens with two attached hydrogens (primary N) is 1. The van der Waals surface area contributed by atoms with E-state index < -0.39 is 10.1 Å². The Morgan fingerprint density at radius 1 is 1.23 bits per heavy atom. The smallest absolute Gasteiger partial charge is 0.267 e. The van der Waals surface area contributed by atoms with Gasteiger partial charge in [0.15, 0.2) is 0 Å². The molecule has 0 saturated heterocycles. The lowest BCUT2D eigenvalue weighted by Gasteiger charge is -2.03. The predicted octanol–water partition coefficient (Wildman–Crippen LogP) is 0.872. The van der Waals surface area contributed by atoms with E-state index in [1.165, 1.54) is 0 Å². The Labute approximate surface area is 80.6 Å². The molecule has 0 rings (SSSR count). The number of unbranched alkanes of at least 4 members (excludes halogenated alkanes) is 2. The Bertz CT molecular complexity index is 201. The molecule has 0 atom stereocenters. The van der Waals surface area contributed by atoms with Gasteiger partial charge in [-0.25, -0.2) is 0 Å². The fourth-order valence-corrected chi connectivity index (χ4v) is 1.87. The second kappa shape index (κ2) is 7.29. The third kappa shape index (κ3) is 8.21. The molecular formula is C8H19NO3S. The Morgan fingerprint density at radius 3 is 2.46 bits per heavy atom. The largest absolute Gasteiger partial charge is 0.330 e. The van der Waals surface area contributed by atoms with Crippen molar-refractivity contribution in [2.24, 2.45) is 5.73 Å². The summed E-state index contributed by atoms with van der Waals surface area (Å²) < 4.78 is 26.9. The fourth-order valence-electron chi connectivity index (χ4n) is 0.857. The maximum atomic E-state index is 11.1. The molecule has 5 heteroatoms. The first-order chi connectivity index (χ1) is 6.12. The normalized spacial score (nSPS) is 11.8. The van der Waals surface area contributed by atoms with Crippen molar-refractivity contribution in [1.29, 1.82) is 0 Å². The third-order valence-electron chi connectivity index (χ3n) is 1.61. The van der Waals surface area contributed by atoms with E-state index in [0.717, 1.165) is 19.3 Å². The van der Waals surface area contributed by atoms with Crippen LogP contribution >= 0.6 is 0 Å². The first-order valence-corrected chi connectivity index (χ1v) is 6.27. The standard InChI is InChI=1S/C8H19NO3S/c1-2-3-4-7-12-13(10,11)8-5-6-9/h2-9H2,1H3. The average molecular weight is 209 g/mol. The second-order valence-corrected chi connectivity index (χ2v) is 4.69. The zero-order valence-electron chi connectivity index (χ0n) is 8.16. The van der Waals surface area contributed by atoms with Gasteiger partial charge in [0.25, 0.3) is 10.1 Å². The van der Waals surface area contributed by atoms with Crippen molar-refractivity contribution in [1.82, 2.24) is 0 Å². The SMILES string of the molecule is CCCCCOS(=O)(=O)CCCN. The summed E-state index contributed by atoms with van der Waals surface area (Å²) >= 11 is 0. The van der Waals surface area contributed by atoms with Gasteiger partial charge >= 0.3 is 0 Å². The van der Waals surface area contributed by atoms with Gasteiger partial charge in [-0.1, -0.05) is 19.8 Å². The van der Waals surface area contributed by atoms with Gasteiger partial charge in [0, 0.05) is 0 Å². The van der Waals surface area contributed by atoms with Gasteiger partial charge in [-0.2, -0.15) is 8.42 Å². The van der Waals surface area contributed by atoms with Crippen LogP contribution in [0.25, 0.3) is 0 Å². The summed E-state index contributed by atoms with van der Waals surface area (Å²) in [6, 6.07) is 0. The van der Waals surface area contributed by atoms with Crippen LogP contribution in [0.4, 0.5) is 0 Å². The summed E-state index contributed by atoms with van der Waals surface area (Å²) in [5.74, 6) is 0.0373. The molecule has 0 radical (unpaired) electrons. The minimum absolute atomic E-state index is 0.0373. The van der Waals surface area contributed by atoms with E-state index >= 15 is 0 Å². The fraction of sp³-hybridized carbons (Fsp3) is 1.00. The van der Waals surface area contributed by atoms with E-state index in [4.69, 9.17) is 9.92 Å². The zero-order chi connectivity index (χ0) is 10.2. The molecule has 0 bridgehead atoms. The number of rotatable bonds is 8. The van der Waals surface area contributed by atoms with Crippen molar-refractivity contribution in [3.8, 4) is 0 Å². The molecule has 0 unspecified atom stereocenters. The van der Waals surface area contributed by atoms with E-state index in [2.05, 4.69) is 6.92 Å². The monoisotopic (exact) mass is 209 g/mol. The van der Waals surface area contributed by atoms with Crippen LogP contribution in [0.5, 0.6) is 0 Å². The van der Waals surface area contributed by atoms with Crippen LogP contribution in [-0.2, 0) is 14.3 Å². The van der Waals surface area contributed by atoms with Crippen LogP contribution in [0, 0.1) is 0 Å². The van der Waals surface area contributed by atoms with Gasteiger partial charge in [0.2, 0.25) is 0 Å². The molecule has 0 aromatic heterocycles. The molecule has 80 valence electrons. The molecule has 0 aliphatic heterocycles. The minimum atomic E-state index is -3.30. The molecule has 13 heavy (non-hydrogen) atoms. The van der Waals surface area contributed by atoms with Crippen molar-refractivity contribution >= 4 is 10.1 Å². The summed E-state index contributed by atoms with van der Waals surface area (Å²) in [7, 11) is -3.30. The highest BCUT2D eigenvalue weighted by Crippen LogP contribution is 2.00. The maximum absolute atomic E-state index is 11.1. The van der Waals surface area contributed by atoms with Crippen LogP contribution in [0.1, 0.15) is 32.6 Å². The summed E-state index contributed by atoms with van der Waals surface area (Å²) in [4.78, 5) is 0. The van der Waals surface area contributed by atoms with Gasteiger partial charge < -0.3 is 5.73 Å². The molecule has 0 spiro atoms. The van der Waals surface area contributed by atoms with Crippen LogP contribution in [-0.4, -0.2) is 27.3 Å². The lowest BCUT2D eigenvalue weighted by Crippen LogP contribution is -2.14. The molecule has 0 aliphatic rings. The molecule has 0 aromatic rings. The predicted molar refractivity (Wildman–Crippen MR) is 52.9 cm³/mol. The Hall–Kier alpha value is -0.130. The highest BCUT2D eigenvalue weighted by Gasteiger charge is 2.09. The van der Waals surface area contributed by atoms with E-state index in [0.29, 0.717) is 19.6 Å². The Balaban J connectivity index is 3.52. The van der Waals surface area contributed by atoms with Gasteiger partial charge in [0.1, 0.15) is 0 Å². The maximum Gasteiger partial charge on any atom is 0.267 e. The quantitative estimate of drug-likeness (QED) is 0.476. The van der Waals surface area contributed by atoms with Crippen molar-refractivity contribution in [2.75, 3.05) is 18.9 Å². The van der Waals surface area contributed by atoms with E-state index in [-0.39, 0.29) is 5.75 Å². The minimum Gasteiger partial charge on any atom is -0.330 e. The summed E-state index contributed by atoms with van der Waals surface area (Å²) in [5, 5.41) is 0. The van der Waals surface area contributed by atoms with E-state index in [1.54, 1.807) is 0 Å². The zero-order valence-corrected chi connectivity index (χ0v) is 8.98. The molecule has 4 nitrogen and oxygen atoms in total. The van der Waals surface area contributed by atoms with Crippen LogP contribution in [0.3, 0.4) is 0 Å². The molecule has 0 amide bonds. The highest BCUT2D eigenvalue weighted by atomic mass is 32.2. The molecular weight excluding hydrogens is 190 g/mol. The van der Waals surface area contributed by atoms with Crippen LogP contribution in [0.2, 0.25) is 0 Å². The van der Waals surface area contributed by atoms with Gasteiger partial charge in [-0.05, 0) is 19.4 Å². The first kappa shape index (κ1) is 12.9. The van der Waals surface area contributed by atoms with Crippen molar-refractivity contribution in [3.63, 3.8) is 0 Å². The van der Waals surface area contributed by atoms with Gasteiger partial charge in [0.05, 0.1) is 12.4 Å². The third-order valence-corrected chi connectivity index (χ3v) is 2.92. The van der Waals surface area contributed by atoms with Crippen molar-refractivity contribution < 1.29 is 12.6 Å². The average Bonchev–Trinajstić information content (AvgIpc) is 2.09. The topological polar surface area (TPSA) is 69.4 Å². The lowest BCUT2D eigenvalue weighted by molar-refractivity contribution is 0.307. The Morgan fingerprint density at radius 2 is 1.92 bits per heavy atom. The van der Waals surface area contributed by atoms with Crippen molar-refractivity contribution in [3.05, 3.63) is 0 Å². The van der Waals surface area contributed by atoms with Crippen LogP contribution in [0.15, 0.2) is 0 Å². The summed E-state index contributed by atoms with van der Waals surface area (Å²) in [5.41, 5.74) is 5.19. The summed E-state index contributed by atoms with van der Waals surface area (Å²) in [6.07, 6.45) is 3.34. The van der Waals surface area contributed by atoms with E-state index in [1.807, 2.05) is 0 Å². The molecule has 0 heterocycles. The molecule has 0 aromatic carbocycles. The second-order valence-electron chi connectivity index (χ2n) is 2.93.